The molecule has 0 aromatic carbocycles. The van der Waals surface area contributed by atoms with E-state index < -0.39 is 0 Å². The quantitative estimate of drug-likeness (QED) is 0.718. The molecule has 2 N–H and O–H groups in total. The van der Waals surface area contributed by atoms with Crippen LogP contribution >= 0.6 is 0 Å². The Bertz CT molecular complexity index is 332. The summed E-state index contributed by atoms with van der Waals surface area (Å²) in [6, 6.07) is 0. The molecule has 1 fully saturated rings. The first-order chi connectivity index (χ1) is 8.34. The molecule has 1 saturated heterocycles. The van der Waals surface area contributed by atoms with E-state index in [0.717, 1.165) is 32.0 Å². The van der Waals surface area contributed by atoms with E-state index in [9.17, 15) is 4.79 Å². The molecule has 1 aliphatic rings. The van der Waals surface area contributed by atoms with Gasteiger partial charge in [0.15, 0.2) is 0 Å². The lowest BCUT2D eigenvalue weighted by molar-refractivity contribution is -0.121. The van der Waals surface area contributed by atoms with E-state index in [-0.39, 0.29) is 5.91 Å². The summed E-state index contributed by atoms with van der Waals surface area (Å²) in [6.07, 6.45) is 5.87. The highest BCUT2D eigenvalue weighted by molar-refractivity contribution is 5.75. The van der Waals surface area contributed by atoms with E-state index in [1.165, 1.54) is 12.7 Å². The first kappa shape index (κ1) is 12.0. The van der Waals surface area contributed by atoms with Crippen LogP contribution in [0.5, 0.6) is 0 Å². The van der Waals surface area contributed by atoms with Crippen molar-refractivity contribution in [3.63, 3.8) is 0 Å². The summed E-state index contributed by atoms with van der Waals surface area (Å²) in [5.41, 5.74) is 0. The first-order valence-electron chi connectivity index (χ1n) is 6.14. The van der Waals surface area contributed by atoms with Crippen molar-refractivity contribution in [2.45, 2.75) is 25.8 Å². The first-order valence-corrected chi connectivity index (χ1v) is 6.14. The van der Waals surface area contributed by atoms with Gasteiger partial charge >= 0.3 is 0 Å². The van der Waals surface area contributed by atoms with Crippen LogP contribution in [0.1, 0.15) is 19.3 Å². The Morgan fingerprint density at radius 1 is 1.59 bits per heavy atom. The molecule has 0 radical (unpaired) electrons. The number of aryl methyl sites for hydroxylation is 1. The lowest BCUT2D eigenvalue weighted by atomic mass is 10.1. The molecule has 2 rings (SSSR count). The van der Waals surface area contributed by atoms with E-state index >= 15 is 0 Å². The molecule has 6 nitrogen and oxygen atoms in total. The van der Waals surface area contributed by atoms with Gasteiger partial charge in [-0.15, -0.1) is 0 Å². The Morgan fingerprint density at radius 3 is 3.24 bits per heavy atom. The third kappa shape index (κ3) is 4.14. The van der Waals surface area contributed by atoms with Gasteiger partial charge < -0.3 is 10.6 Å². The lowest BCUT2D eigenvalue weighted by Gasteiger charge is -2.09. The van der Waals surface area contributed by atoms with Crippen LogP contribution in [0, 0.1) is 5.92 Å². The summed E-state index contributed by atoms with van der Waals surface area (Å²) in [4.78, 5) is 15.4. The maximum absolute atomic E-state index is 11.5. The summed E-state index contributed by atoms with van der Waals surface area (Å²) in [7, 11) is 0. The second-order valence-electron chi connectivity index (χ2n) is 4.41. The van der Waals surface area contributed by atoms with Crippen molar-refractivity contribution in [3.05, 3.63) is 12.7 Å². The second-order valence-corrected chi connectivity index (χ2v) is 4.41. The number of carbonyl (C=O) groups is 1. The third-order valence-corrected chi connectivity index (χ3v) is 3.07. The molecule has 1 unspecified atom stereocenters. The number of hydrogen-bond donors (Lipinski definition) is 2. The topological polar surface area (TPSA) is 71.8 Å². The van der Waals surface area contributed by atoms with Crippen LogP contribution in [0.2, 0.25) is 0 Å². The van der Waals surface area contributed by atoms with Crippen LogP contribution in [0.15, 0.2) is 12.7 Å². The van der Waals surface area contributed by atoms with Crippen LogP contribution in [0.25, 0.3) is 0 Å². The fourth-order valence-electron chi connectivity index (χ4n) is 2.03. The van der Waals surface area contributed by atoms with Gasteiger partial charge in [0.25, 0.3) is 0 Å². The molecule has 1 atom stereocenters. The average Bonchev–Trinajstić information content (AvgIpc) is 2.99. The van der Waals surface area contributed by atoms with E-state index in [0.29, 0.717) is 13.0 Å². The average molecular weight is 237 g/mol. The highest BCUT2D eigenvalue weighted by Gasteiger charge is 2.13. The van der Waals surface area contributed by atoms with E-state index in [1.807, 2.05) is 0 Å². The van der Waals surface area contributed by atoms with Crippen molar-refractivity contribution in [3.8, 4) is 0 Å². The molecule has 0 spiro atoms. The fourth-order valence-corrected chi connectivity index (χ4v) is 2.03. The van der Waals surface area contributed by atoms with Crippen LogP contribution in [0.4, 0.5) is 0 Å². The van der Waals surface area contributed by atoms with Gasteiger partial charge in [0.2, 0.25) is 5.91 Å². The van der Waals surface area contributed by atoms with Crippen molar-refractivity contribution < 1.29 is 4.79 Å². The van der Waals surface area contributed by atoms with Gasteiger partial charge in [-0.25, -0.2) is 4.98 Å². The summed E-state index contributed by atoms with van der Waals surface area (Å²) < 4.78 is 1.67. The number of aromatic nitrogens is 3. The summed E-state index contributed by atoms with van der Waals surface area (Å²) in [5, 5.41) is 10.2. The number of nitrogens with zero attached hydrogens (tertiary/aromatic N) is 3. The van der Waals surface area contributed by atoms with Crippen LogP contribution in [-0.2, 0) is 11.3 Å². The largest absolute Gasteiger partial charge is 0.356 e. The normalized spacial score (nSPS) is 19.4. The zero-order chi connectivity index (χ0) is 11.9. The van der Waals surface area contributed by atoms with Crippen LogP contribution < -0.4 is 10.6 Å². The Kier molecular flexibility index (Phi) is 4.49. The molecule has 94 valence electrons. The number of carbonyl (C=O) groups excluding carboxylic acids is 1. The van der Waals surface area contributed by atoms with Gasteiger partial charge in [-0.1, -0.05) is 0 Å². The fraction of sp³-hybridized carbons (Fsp3) is 0.727. The zero-order valence-corrected chi connectivity index (χ0v) is 9.93. The minimum Gasteiger partial charge on any atom is -0.356 e. The van der Waals surface area contributed by atoms with Crippen molar-refractivity contribution >= 4 is 5.91 Å². The van der Waals surface area contributed by atoms with Crippen molar-refractivity contribution in [2.75, 3.05) is 19.6 Å². The minimum absolute atomic E-state index is 0.0893. The van der Waals surface area contributed by atoms with Gasteiger partial charge in [-0.3, -0.25) is 9.48 Å². The number of hydrogen-bond acceptors (Lipinski definition) is 4. The molecule has 1 aliphatic heterocycles. The van der Waals surface area contributed by atoms with E-state index in [1.54, 1.807) is 11.0 Å². The maximum atomic E-state index is 11.5. The van der Waals surface area contributed by atoms with Gasteiger partial charge in [0.1, 0.15) is 12.7 Å². The van der Waals surface area contributed by atoms with Crippen LogP contribution in [0.3, 0.4) is 0 Å². The smallest absolute Gasteiger partial charge is 0.221 e. The molecule has 17 heavy (non-hydrogen) atoms. The third-order valence-electron chi connectivity index (χ3n) is 3.07. The summed E-state index contributed by atoms with van der Waals surface area (Å²) >= 11 is 0. The highest BCUT2D eigenvalue weighted by atomic mass is 16.1. The number of nitrogens with one attached hydrogen (secondary N) is 2. The Balaban J connectivity index is 1.54. The molecule has 1 aromatic rings. The predicted molar refractivity (Wildman–Crippen MR) is 63.2 cm³/mol. The predicted octanol–water partition coefficient (Wildman–Crippen LogP) is -0.216. The SMILES string of the molecule is O=C(CCn1cncn1)NCCC1CCNC1. The Hall–Kier alpha value is -1.43. The molecule has 2 heterocycles. The second kappa shape index (κ2) is 6.34. The molecule has 0 bridgehead atoms. The molecule has 6 heteroatoms. The number of rotatable bonds is 6. The summed E-state index contributed by atoms with van der Waals surface area (Å²) in [6.45, 7) is 3.58. The molecule has 1 aromatic heterocycles. The van der Waals surface area contributed by atoms with Gasteiger partial charge in [0, 0.05) is 13.0 Å². The van der Waals surface area contributed by atoms with Crippen molar-refractivity contribution in [2.24, 2.45) is 5.92 Å². The summed E-state index contributed by atoms with van der Waals surface area (Å²) in [5.74, 6) is 0.817. The minimum atomic E-state index is 0.0893. The van der Waals surface area contributed by atoms with Gasteiger partial charge in [-0.05, 0) is 31.8 Å². The van der Waals surface area contributed by atoms with Gasteiger partial charge in [0.05, 0.1) is 6.54 Å². The van der Waals surface area contributed by atoms with Crippen molar-refractivity contribution in [1.29, 1.82) is 0 Å². The van der Waals surface area contributed by atoms with E-state index in [2.05, 4.69) is 20.7 Å². The molecular formula is C11H19N5O. The van der Waals surface area contributed by atoms with E-state index in [4.69, 9.17) is 0 Å². The number of amides is 1. The molecule has 0 saturated carbocycles. The Labute approximate surface area is 101 Å². The zero-order valence-electron chi connectivity index (χ0n) is 9.93. The van der Waals surface area contributed by atoms with Crippen molar-refractivity contribution in [1.82, 2.24) is 25.4 Å². The molecule has 1 amide bonds. The highest BCUT2D eigenvalue weighted by Crippen LogP contribution is 2.10. The molecular weight excluding hydrogens is 218 g/mol. The van der Waals surface area contributed by atoms with Gasteiger partial charge in [-0.2, -0.15) is 5.10 Å². The maximum Gasteiger partial charge on any atom is 0.221 e. The van der Waals surface area contributed by atoms with Crippen LogP contribution in [-0.4, -0.2) is 40.3 Å². The molecule has 0 aliphatic carbocycles. The monoisotopic (exact) mass is 237 g/mol. The lowest BCUT2D eigenvalue weighted by Crippen LogP contribution is -2.27. The Morgan fingerprint density at radius 2 is 2.53 bits per heavy atom. The standard InChI is InChI=1S/C11H19N5O/c17-11(3-6-16-9-13-8-15-16)14-5-2-10-1-4-12-7-10/h8-10,12H,1-7H2,(H,14,17).